The van der Waals surface area contributed by atoms with Crippen LogP contribution >= 0.6 is 0 Å². The SMILES string of the molecule is CC1CC(=O)NN=C1c1ccc2nc(-n3ccnc3)oc2c1. The highest BCUT2D eigenvalue weighted by Crippen LogP contribution is 2.23. The molecule has 1 amide bonds. The van der Waals surface area contributed by atoms with Gasteiger partial charge in [-0.05, 0) is 12.1 Å². The zero-order valence-electron chi connectivity index (χ0n) is 11.9. The quantitative estimate of drug-likeness (QED) is 0.782. The molecule has 0 saturated heterocycles. The highest BCUT2D eigenvalue weighted by Gasteiger charge is 2.22. The first kappa shape index (κ1) is 12.8. The zero-order valence-corrected chi connectivity index (χ0v) is 11.9. The lowest BCUT2D eigenvalue weighted by Gasteiger charge is -2.18. The van der Waals surface area contributed by atoms with Crippen molar-refractivity contribution in [2.24, 2.45) is 11.0 Å². The van der Waals surface area contributed by atoms with Crippen LogP contribution in [0.5, 0.6) is 0 Å². The summed E-state index contributed by atoms with van der Waals surface area (Å²) in [6.07, 6.45) is 5.51. The Labute approximate surface area is 125 Å². The molecular formula is C15H13N5O2. The lowest BCUT2D eigenvalue weighted by Crippen LogP contribution is -2.31. The number of amides is 1. The molecule has 1 atom stereocenters. The molecule has 3 heterocycles. The van der Waals surface area contributed by atoms with Crippen molar-refractivity contribution in [3.8, 4) is 6.01 Å². The molecular weight excluding hydrogens is 282 g/mol. The van der Waals surface area contributed by atoms with Crippen molar-refractivity contribution in [1.29, 1.82) is 0 Å². The van der Waals surface area contributed by atoms with Gasteiger partial charge in [-0.3, -0.25) is 9.36 Å². The van der Waals surface area contributed by atoms with E-state index in [1.807, 2.05) is 25.1 Å². The molecule has 110 valence electrons. The number of aromatic nitrogens is 3. The van der Waals surface area contributed by atoms with Crippen LogP contribution in [-0.4, -0.2) is 26.2 Å². The highest BCUT2D eigenvalue weighted by atomic mass is 16.4. The van der Waals surface area contributed by atoms with E-state index in [1.54, 1.807) is 23.3 Å². The maximum atomic E-state index is 11.3. The average molecular weight is 295 g/mol. The topological polar surface area (TPSA) is 85.3 Å². The number of carbonyl (C=O) groups is 1. The molecule has 1 N–H and O–H groups in total. The first-order valence-electron chi connectivity index (χ1n) is 6.96. The molecule has 0 aliphatic carbocycles. The fourth-order valence-corrected chi connectivity index (χ4v) is 2.56. The second kappa shape index (κ2) is 4.80. The van der Waals surface area contributed by atoms with Gasteiger partial charge >= 0.3 is 6.01 Å². The molecule has 7 heteroatoms. The standard InChI is InChI=1S/C15H13N5O2/c1-9-6-13(21)18-19-14(9)10-2-3-11-12(7-10)22-15(17-11)20-5-4-16-8-20/h2-5,7-9H,6H2,1H3,(H,18,21). The van der Waals surface area contributed by atoms with Crippen molar-refractivity contribution in [2.75, 3.05) is 0 Å². The van der Waals surface area contributed by atoms with Gasteiger partial charge in [-0.2, -0.15) is 10.1 Å². The molecule has 0 bridgehead atoms. The fourth-order valence-electron chi connectivity index (χ4n) is 2.56. The van der Waals surface area contributed by atoms with Crippen LogP contribution in [0.1, 0.15) is 18.9 Å². The van der Waals surface area contributed by atoms with E-state index in [2.05, 4.69) is 20.5 Å². The van der Waals surface area contributed by atoms with Gasteiger partial charge in [-0.1, -0.05) is 13.0 Å². The van der Waals surface area contributed by atoms with Crippen LogP contribution in [0.25, 0.3) is 17.1 Å². The average Bonchev–Trinajstić information content (AvgIpc) is 3.15. The Hall–Kier alpha value is -2.96. The molecule has 3 aromatic rings. The van der Waals surface area contributed by atoms with Gasteiger partial charge in [-0.25, -0.2) is 10.4 Å². The largest absolute Gasteiger partial charge is 0.423 e. The molecule has 4 rings (SSSR count). The van der Waals surface area contributed by atoms with E-state index in [0.29, 0.717) is 18.0 Å². The summed E-state index contributed by atoms with van der Waals surface area (Å²) in [4.78, 5) is 19.7. The van der Waals surface area contributed by atoms with Crippen molar-refractivity contribution >= 4 is 22.7 Å². The predicted octanol–water partition coefficient (Wildman–Crippen LogP) is 1.87. The van der Waals surface area contributed by atoms with Crippen LogP contribution in [0.4, 0.5) is 0 Å². The van der Waals surface area contributed by atoms with Crippen LogP contribution in [0.15, 0.2) is 46.4 Å². The summed E-state index contributed by atoms with van der Waals surface area (Å²) in [5, 5.41) is 4.17. The van der Waals surface area contributed by atoms with Crippen molar-refractivity contribution < 1.29 is 9.21 Å². The molecule has 2 aromatic heterocycles. The summed E-state index contributed by atoms with van der Waals surface area (Å²) in [5.41, 5.74) is 5.74. The number of nitrogens with one attached hydrogen (secondary N) is 1. The molecule has 1 aromatic carbocycles. The Morgan fingerprint density at radius 1 is 1.41 bits per heavy atom. The van der Waals surface area contributed by atoms with Gasteiger partial charge in [0.15, 0.2) is 5.58 Å². The predicted molar refractivity (Wildman–Crippen MR) is 79.6 cm³/mol. The molecule has 0 spiro atoms. The summed E-state index contributed by atoms with van der Waals surface area (Å²) in [5.74, 6) is 0.0154. The molecule has 1 unspecified atom stereocenters. The summed E-state index contributed by atoms with van der Waals surface area (Å²) in [6, 6.07) is 6.20. The number of imidazole rings is 1. The summed E-state index contributed by atoms with van der Waals surface area (Å²) in [6.45, 7) is 1.99. The Balaban J connectivity index is 1.76. The molecule has 1 aliphatic rings. The lowest BCUT2D eigenvalue weighted by atomic mass is 9.94. The van der Waals surface area contributed by atoms with Crippen LogP contribution < -0.4 is 5.43 Å². The molecule has 0 radical (unpaired) electrons. The van der Waals surface area contributed by atoms with Crippen LogP contribution in [-0.2, 0) is 4.79 Å². The Bertz CT molecular complexity index is 879. The van der Waals surface area contributed by atoms with Crippen molar-refractivity contribution in [2.45, 2.75) is 13.3 Å². The maximum absolute atomic E-state index is 11.3. The van der Waals surface area contributed by atoms with Crippen molar-refractivity contribution in [3.05, 3.63) is 42.5 Å². The summed E-state index contributed by atoms with van der Waals surface area (Å²) in [7, 11) is 0. The van der Waals surface area contributed by atoms with E-state index in [9.17, 15) is 4.79 Å². The Morgan fingerprint density at radius 3 is 3.09 bits per heavy atom. The third-order valence-electron chi connectivity index (χ3n) is 3.66. The van der Waals surface area contributed by atoms with Gasteiger partial charge in [-0.15, -0.1) is 0 Å². The van der Waals surface area contributed by atoms with E-state index >= 15 is 0 Å². The smallest absolute Gasteiger partial charge is 0.308 e. The van der Waals surface area contributed by atoms with Gasteiger partial charge in [0, 0.05) is 30.3 Å². The minimum atomic E-state index is -0.0561. The van der Waals surface area contributed by atoms with E-state index in [0.717, 1.165) is 16.8 Å². The van der Waals surface area contributed by atoms with Gasteiger partial charge in [0.1, 0.15) is 11.8 Å². The third-order valence-corrected chi connectivity index (χ3v) is 3.66. The Kier molecular flexibility index (Phi) is 2.78. The van der Waals surface area contributed by atoms with Gasteiger partial charge in [0.05, 0.1) is 5.71 Å². The van der Waals surface area contributed by atoms with Crippen LogP contribution in [0, 0.1) is 5.92 Å². The second-order valence-corrected chi connectivity index (χ2v) is 5.29. The van der Waals surface area contributed by atoms with E-state index in [-0.39, 0.29) is 11.8 Å². The third kappa shape index (κ3) is 2.07. The monoisotopic (exact) mass is 295 g/mol. The number of carbonyl (C=O) groups excluding carboxylic acids is 1. The first-order chi connectivity index (χ1) is 10.7. The van der Waals surface area contributed by atoms with Crippen molar-refractivity contribution in [1.82, 2.24) is 20.0 Å². The second-order valence-electron chi connectivity index (χ2n) is 5.29. The number of benzene rings is 1. The minimum absolute atomic E-state index is 0.0561. The van der Waals surface area contributed by atoms with E-state index in [1.165, 1.54) is 0 Å². The van der Waals surface area contributed by atoms with Gasteiger partial charge < -0.3 is 4.42 Å². The number of nitrogens with zero attached hydrogens (tertiary/aromatic N) is 4. The number of hydrazone groups is 1. The molecule has 22 heavy (non-hydrogen) atoms. The summed E-state index contributed by atoms with van der Waals surface area (Å²) >= 11 is 0. The van der Waals surface area contributed by atoms with Gasteiger partial charge in [0.2, 0.25) is 5.91 Å². The van der Waals surface area contributed by atoms with E-state index in [4.69, 9.17) is 4.42 Å². The fraction of sp³-hybridized carbons (Fsp3) is 0.200. The van der Waals surface area contributed by atoms with Gasteiger partial charge in [0.25, 0.3) is 0 Å². The van der Waals surface area contributed by atoms with Crippen LogP contribution in [0.2, 0.25) is 0 Å². The summed E-state index contributed by atoms with van der Waals surface area (Å²) < 4.78 is 7.48. The maximum Gasteiger partial charge on any atom is 0.308 e. The normalized spacial score (nSPS) is 18.3. The number of hydrogen-bond donors (Lipinski definition) is 1. The number of fused-ring (bicyclic) bond motifs is 1. The minimum Gasteiger partial charge on any atom is -0.423 e. The van der Waals surface area contributed by atoms with E-state index < -0.39 is 0 Å². The highest BCUT2D eigenvalue weighted by molar-refractivity contribution is 6.07. The first-order valence-corrected chi connectivity index (χ1v) is 6.96. The molecule has 1 aliphatic heterocycles. The van der Waals surface area contributed by atoms with Crippen molar-refractivity contribution in [3.63, 3.8) is 0 Å². The molecule has 7 nitrogen and oxygen atoms in total. The Morgan fingerprint density at radius 2 is 2.32 bits per heavy atom. The molecule has 0 fully saturated rings. The number of rotatable bonds is 2. The zero-order chi connectivity index (χ0) is 15.1. The molecule has 0 saturated carbocycles. The van der Waals surface area contributed by atoms with Crippen LogP contribution in [0.3, 0.4) is 0 Å². The number of hydrogen-bond acceptors (Lipinski definition) is 5. The lowest BCUT2D eigenvalue weighted by molar-refractivity contribution is -0.121. The number of oxazole rings is 1.